The van der Waals surface area contributed by atoms with Gasteiger partial charge in [0.2, 0.25) is 5.91 Å². The van der Waals surface area contributed by atoms with Crippen LogP contribution in [0.4, 0.5) is 0 Å². The van der Waals surface area contributed by atoms with Crippen molar-refractivity contribution >= 4 is 16.9 Å². The summed E-state index contributed by atoms with van der Waals surface area (Å²) in [6.07, 6.45) is 2.76. The zero-order chi connectivity index (χ0) is 12.1. The van der Waals surface area contributed by atoms with Crippen molar-refractivity contribution in [1.82, 2.24) is 9.29 Å². The van der Waals surface area contributed by atoms with Crippen LogP contribution >= 0.6 is 0 Å². The standard InChI is InChI=1S/C11H16N2O2S/c1-4-9-6-7-10(8-12-9)16(15)13(3)11(14)5-2/h6-8H,4-5H2,1-3H3. The number of aromatic nitrogens is 1. The summed E-state index contributed by atoms with van der Waals surface area (Å²) >= 11 is 0. The SMILES string of the molecule is CCC(=O)N(C)S(=O)c1ccc(CC)nc1. The maximum Gasteiger partial charge on any atom is 0.233 e. The third-order valence-electron chi connectivity index (χ3n) is 2.26. The average Bonchev–Trinajstić information content (AvgIpc) is 2.36. The van der Waals surface area contributed by atoms with Gasteiger partial charge in [0, 0.05) is 25.4 Å². The number of aryl methyl sites for hydroxylation is 1. The second-order valence-corrected chi connectivity index (χ2v) is 4.85. The molecule has 0 saturated carbocycles. The molecular formula is C11H16N2O2S. The van der Waals surface area contributed by atoms with E-state index in [1.54, 1.807) is 19.2 Å². The van der Waals surface area contributed by atoms with Crippen LogP contribution in [-0.4, -0.2) is 26.5 Å². The second-order valence-electron chi connectivity index (χ2n) is 3.33. The Bertz CT molecular complexity index is 389. The highest BCUT2D eigenvalue weighted by Gasteiger charge is 2.15. The lowest BCUT2D eigenvalue weighted by Crippen LogP contribution is -2.28. The summed E-state index contributed by atoms with van der Waals surface area (Å²) in [5, 5.41) is 0. The van der Waals surface area contributed by atoms with Crippen LogP contribution in [0.25, 0.3) is 0 Å². The summed E-state index contributed by atoms with van der Waals surface area (Å²) < 4.78 is 13.2. The Morgan fingerprint density at radius 1 is 1.44 bits per heavy atom. The number of amides is 1. The maximum absolute atomic E-state index is 11.9. The van der Waals surface area contributed by atoms with Crippen LogP contribution in [-0.2, 0) is 22.2 Å². The first-order valence-electron chi connectivity index (χ1n) is 5.23. The van der Waals surface area contributed by atoms with Crippen LogP contribution in [0.1, 0.15) is 26.0 Å². The number of carbonyl (C=O) groups is 1. The highest BCUT2D eigenvalue weighted by molar-refractivity contribution is 7.83. The van der Waals surface area contributed by atoms with Gasteiger partial charge in [0.25, 0.3) is 0 Å². The van der Waals surface area contributed by atoms with Crippen molar-refractivity contribution in [3.05, 3.63) is 24.0 Å². The molecule has 5 heteroatoms. The third-order valence-corrected chi connectivity index (χ3v) is 3.61. The van der Waals surface area contributed by atoms with Gasteiger partial charge in [0.15, 0.2) is 11.0 Å². The quantitative estimate of drug-likeness (QED) is 0.802. The lowest BCUT2D eigenvalue weighted by Gasteiger charge is -2.14. The number of hydrogen-bond acceptors (Lipinski definition) is 3. The Morgan fingerprint density at radius 3 is 2.56 bits per heavy atom. The molecule has 1 rings (SSSR count). The molecule has 0 saturated heterocycles. The molecule has 1 aromatic rings. The van der Waals surface area contributed by atoms with Crippen molar-refractivity contribution in [2.24, 2.45) is 0 Å². The fourth-order valence-corrected chi connectivity index (χ4v) is 2.15. The van der Waals surface area contributed by atoms with E-state index < -0.39 is 11.0 Å². The lowest BCUT2D eigenvalue weighted by molar-refractivity contribution is -0.125. The van der Waals surface area contributed by atoms with Crippen molar-refractivity contribution < 1.29 is 9.00 Å². The normalized spacial score (nSPS) is 12.2. The van der Waals surface area contributed by atoms with Crippen molar-refractivity contribution in [3.8, 4) is 0 Å². The van der Waals surface area contributed by atoms with Crippen molar-refractivity contribution in [2.45, 2.75) is 31.6 Å². The van der Waals surface area contributed by atoms with Gasteiger partial charge in [-0.05, 0) is 18.6 Å². The zero-order valence-corrected chi connectivity index (χ0v) is 10.6. The molecule has 0 radical (unpaired) electrons. The van der Waals surface area contributed by atoms with E-state index in [-0.39, 0.29) is 5.91 Å². The van der Waals surface area contributed by atoms with E-state index in [0.717, 1.165) is 12.1 Å². The Labute approximate surface area is 98.3 Å². The molecule has 0 aliphatic carbocycles. The zero-order valence-electron chi connectivity index (χ0n) is 9.77. The van der Waals surface area contributed by atoms with Gasteiger partial charge in [-0.3, -0.25) is 14.1 Å². The van der Waals surface area contributed by atoms with E-state index in [1.807, 2.05) is 13.0 Å². The molecular weight excluding hydrogens is 224 g/mol. The maximum atomic E-state index is 11.9. The van der Waals surface area contributed by atoms with Crippen molar-refractivity contribution in [2.75, 3.05) is 7.05 Å². The van der Waals surface area contributed by atoms with Crippen LogP contribution in [0.15, 0.2) is 23.2 Å². The molecule has 0 N–H and O–H groups in total. The molecule has 0 spiro atoms. The molecule has 0 bridgehead atoms. The van der Waals surface area contributed by atoms with Crippen LogP contribution < -0.4 is 0 Å². The lowest BCUT2D eigenvalue weighted by atomic mass is 10.3. The topological polar surface area (TPSA) is 50.3 Å². The van der Waals surface area contributed by atoms with E-state index in [1.165, 1.54) is 11.4 Å². The van der Waals surface area contributed by atoms with E-state index in [2.05, 4.69) is 4.98 Å². The van der Waals surface area contributed by atoms with Gasteiger partial charge < -0.3 is 0 Å². The predicted molar refractivity (Wildman–Crippen MR) is 63.1 cm³/mol. The molecule has 0 aliphatic heterocycles. The van der Waals surface area contributed by atoms with Gasteiger partial charge in [0.05, 0.1) is 4.90 Å². The number of hydrogen-bond donors (Lipinski definition) is 0. The minimum atomic E-state index is -1.45. The van der Waals surface area contributed by atoms with Crippen LogP contribution in [0.2, 0.25) is 0 Å². The summed E-state index contributed by atoms with van der Waals surface area (Å²) in [7, 11) is 0.0903. The summed E-state index contributed by atoms with van der Waals surface area (Å²) in [5.41, 5.74) is 0.949. The minimum Gasteiger partial charge on any atom is -0.274 e. The molecule has 1 amide bonds. The smallest absolute Gasteiger partial charge is 0.233 e. The summed E-state index contributed by atoms with van der Waals surface area (Å²) in [6.45, 7) is 3.75. The average molecular weight is 240 g/mol. The van der Waals surface area contributed by atoms with Gasteiger partial charge >= 0.3 is 0 Å². The van der Waals surface area contributed by atoms with E-state index in [4.69, 9.17) is 0 Å². The summed E-state index contributed by atoms with van der Waals surface area (Å²) in [6, 6.07) is 3.58. The first-order valence-corrected chi connectivity index (χ1v) is 6.34. The first kappa shape index (κ1) is 12.8. The Morgan fingerprint density at radius 2 is 2.12 bits per heavy atom. The molecule has 16 heavy (non-hydrogen) atoms. The van der Waals surface area contributed by atoms with Gasteiger partial charge in [-0.1, -0.05) is 13.8 Å². The van der Waals surface area contributed by atoms with Gasteiger partial charge in [0.1, 0.15) is 0 Å². The Hall–Kier alpha value is -1.23. The summed E-state index contributed by atoms with van der Waals surface area (Å²) in [5.74, 6) is -0.141. The van der Waals surface area contributed by atoms with Gasteiger partial charge in [-0.15, -0.1) is 0 Å². The van der Waals surface area contributed by atoms with Gasteiger partial charge in [-0.2, -0.15) is 0 Å². The molecule has 1 heterocycles. The Kier molecular flexibility index (Phi) is 4.61. The Balaban J connectivity index is 2.84. The van der Waals surface area contributed by atoms with Crippen molar-refractivity contribution in [3.63, 3.8) is 0 Å². The molecule has 1 atom stereocenters. The molecule has 0 aliphatic rings. The highest BCUT2D eigenvalue weighted by atomic mass is 32.2. The largest absolute Gasteiger partial charge is 0.274 e. The van der Waals surface area contributed by atoms with Gasteiger partial charge in [-0.25, -0.2) is 4.21 Å². The molecule has 0 aromatic carbocycles. The fourth-order valence-electron chi connectivity index (χ4n) is 1.20. The van der Waals surface area contributed by atoms with E-state index in [9.17, 15) is 9.00 Å². The van der Waals surface area contributed by atoms with E-state index >= 15 is 0 Å². The fraction of sp³-hybridized carbons (Fsp3) is 0.455. The van der Waals surface area contributed by atoms with E-state index in [0.29, 0.717) is 11.3 Å². The minimum absolute atomic E-state index is 0.141. The summed E-state index contributed by atoms with van der Waals surface area (Å²) in [4.78, 5) is 16.1. The first-order chi connectivity index (χ1) is 7.60. The molecule has 88 valence electrons. The predicted octanol–water partition coefficient (Wildman–Crippen LogP) is 1.54. The number of nitrogens with zero attached hydrogens (tertiary/aromatic N) is 2. The third kappa shape index (κ3) is 2.88. The highest BCUT2D eigenvalue weighted by Crippen LogP contribution is 2.10. The van der Waals surface area contributed by atoms with Crippen LogP contribution in [0, 0.1) is 0 Å². The molecule has 1 aromatic heterocycles. The van der Waals surface area contributed by atoms with Crippen LogP contribution in [0.5, 0.6) is 0 Å². The van der Waals surface area contributed by atoms with Crippen LogP contribution in [0.3, 0.4) is 0 Å². The number of rotatable bonds is 4. The molecule has 0 fully saturated rings. The molecule has 4 nitrogen and oxygen atoms in total. The number of pyridine rings is 1. The molecule has 1 unspecified atom stereocenters. The van der Waals surface area contributed by atoms with Crippen molar-refractivity contribution in [1.29, 1.82) is 0 Å². The second kappa shape index (κ2) is 5.75. The number of carbonyl (C=O) groups excluding carboxylic acids is 1. The monoisotopic (exact) mass is 240 g/mol.